The van der Waals surface area contributed by atoms with Crippen molar-refractivity contribution in [2.75, 3.05) is 32.7 Å². The Morgan fingerprint density at radius 2 is 1.70 bits per heavy atom. The minimum atomic E-state index is -0.246. The van der Waals surface area contributed by atoms with Crippen molar-refractivity contribution in [2.24, 2.45) is 0 Å². The number of piperazine rings is 1. The predicted molar refractivity (Wildman–Crippen MR) is 122 cm³/mol. The Labute approximate surface area is 178 Å². The van der Waals surface area contributed by atoms with Crippen LogP contribution in [-0.2, 0) is 6.54 Å². The van der Waals surface area contributed by atoms with Crippen molar-refractivity contribution in [3.05, 3.63) is 87.8 Å². The highest BCUT2D eigenvalue weighted by molar-refractivity contribution is 5.81. The maximum Gasteiger partial charge on any atom is 0.336 e. The van der Waals surface area contributed by atoms with Gasteiger partial charge in [0.1, 0.15) is 38.3 Å². The molecule has 4 rings (SSSR count). The van der Waals surface area contributed by atoms with Crippen LogP contribution in [0.1, 0.15) is 36.5 Å². The summed E-state index contributed by atoms with van der Waals surface area (Å²) < 4.78 is 5.45. The summed E-state index contributed by atoms with van der Waals surface area (Å²) in [7, 11) is 0. The first-order valence-electron chi connectivity index (χ1n) is 11.0. The summed E-state index contributed by atoms with van der Waals surface area (Å²) in [6, 6.07) is 18.4. The molecule has 0 saturated carbocycles. The number of rotatable bonds is 6. The molecule has 1 aliphatic rings. The van der Waals surface area contributed by atoms with Gasteiger partial charge in [-0.1, -0.05) is 56.3 Å². The average molecular weight is 405 g/mol. The van der Waals surface area contributed by atoms with Gasteiger partial charge < -0.3 is 14.2 Å². The fraction of sp³-hybridized carbons (Fsp3) is 0.346. The lowest BCUT2D eigenvalue weighted by Gasteiger charge is -2.29. The molecule has 0 unspecified atom stereocenters. The van der Waals surface area contributed by atoms with Gasteiger partial charge in [-0.25, -0.2) is 4.79 Å². The molecule has 0 aliphatic carbocycles. The highest BCUT2D eigenvalue weighted by atomic mass is 16.4. The second-order valence-corrected chi connectivity index (χ2v) is 8.69. The molecular formula is C26H32N2O2+2. The third kappa shape index (κ3) is 5.07. The van der Waals surface area contributed by atoms with E-state index < -0.39 is 0 Å². The Morgan fingerprint density at radius 1 is 0.967 bits per heavy atom. The maximum absolute atomic E-state index is 12.1. The van der Waals surface area contributed by atoms with E-state index in [-0.39, 0.29) is 5.63 Å². The van der Waals surface area contributed by atoms with E-state index >= 15 is 0 Å². The SMILES string of the molecule is CC(C)c1ccc2oc(=O)cc(C[NH+]3CC[NH+](C/C=C/c4ccccc4)CC3)c2c1. The number of quaternary nitrogens is 2. The van der Waals surface area contributed by atoms with Crippen LogP contribution in [0.5, 0.6) is 0 Å². The fourth-order valence-corrected chi connectivity index (χ4v) is 4.28. The zero-order valence-electron chi connectivity index (χ0n) is 18.0. The van der Waals surface area contributed by atoms with E-state index in [0.29, 0.717) is 11.5 Å². The van der Waals surface area contributed by atoms with Crippen LogP contribution < -0.4 is 15.4 Å². The first kappa shape index (κ1) is 20.6. The predicted octanol–water partition coefficient (Wildman–Crippen LogP) is 1.91. The van der Waals surface area contributed by atoms with Crippen LogP contribution >= 0.6 is 0 Å². The number of nitrogens with one attached hydrogen (secondary N) is 2. The molecule has 0 spiro atoms. The second-order valence-electron chi connectivity index (χ2n) is 8.69. The van der Waals surface area contributed by atoms with Crippen molar-refractivity contribution in [3.8, 4) is 0 Å². The van der Waals surface area contributed by atoms with Gasteiger partial charge >= 0.3 is 5.63 Å². The van der Waals surface area contributed by atoms with E-state index in [0.717, 1.165) is 50.2 Å². The number of hydrogen-bond donors (Lipinski definition) is 2. The molecule has 156 valence electrons. The number of hydrogen-bond acceptors (Lipinski definition) is 2. The molecule has 3 aromatic rings. The third-order valence-corrected chi connectivity index (χ3v) is 6.14. The van der Waals surface area contributed by atoms with E-state index in [2.05, 4.69) is 62.4 Å². The average Bonchev–Trinajstić information content (AvgIpc) is 2.75. The summed E-state index contributed by atoms with van der Waals surface area (Å²) in [5.74, 6) is 0.456. The Morgan fingerprint density at radius 3 is 2.43 bits per heavy atom. The van der Waals surface area contributed by atoms with Crippen LogP contribution in [0.25, 0.3) is 17.0 Å². The van der Waals surface area contributed by atoms with Crippen LogP contribution in [0.15, 0.2) is 69.9 Å². The Bertz CT molecular complexity index is 1060. The van der Waals surface area contributed by atoms with Gasteiger partial charge in [-0.2, -0.15) is 0 Å². The molecule has 0 radical (unpaired) electrons. The monoisotopic (exact) mass is 404 g/mol. The first-order chi connectivity index (χ1) is 14.6. The molecule has 1 fully saturated rings. The van der Waals surface area contributed by atoms with Gasteiger partial charge in [-0.3, -0.25) is 0 Å². The second kappa shape index (κ2) is 9.41. The number of benzene rings is 2. The molecule has 1 aliphatic heterocycles. The first-order valence-corrected chi connectivity index (χ1v) is 11.0. The van der Waals surface area contributed by atoms with Gasteiger partial charge in [0.25, 0.3) is 0 Å². The standard InChI is InChI=1S/C26H30N2O2/c1-20(2)22-10-11-25-24(17-22)23(18-26(29)30-25)19-28-15-13-27(14-16-28)12-6-9-21-7-4-3-5-8-21/h3-11,17-18,20H,12-16,19H2,1-2H3/p+2/b9-6+. The van der Waals surface area contributed by atoms with Crippen LogP contribution in [-0.4, -0.2) is 32.7 Å². The highest BCUT2D eigenvalue weighted by Gasteiger charge is 2.23. The molecule has 4 nitrogen and oxygen atoms in total. The molecule has 2 aromatic carbocycles. The fourth-order valence-electron chi connectivity index (χ4n) is 4.28. The number of fused-ring (bicyclic) bond motifs is 1. The minimum Gasteiger partial charge on any atom is -0.423 e. The van der Waals surface area contributed by atoms with E-state index in [4.69, 9.17) is 4.42 Å². The molecular weight excluding hydrogens is 372 g/mol. The van der Waals surface area contributed by atoms with Crippen LogP contribution in [0.3, 0.4) is 0 Å². The van der Waals surface area contributed by atoms with Crippen LogP contribution in [0, 0.1) is 0 Å². The summed E-state index contributed by atoms with van der Waals surface area (Å²) in [6.45, 7) is 10.9. The zero-order chi connectivity index (χ0) is 20.9. The van der Waals surface area contributed by atoms with Crippen molar-refractivity contribution < 1.29 is 14.2 Å². The van der Waals surface area contributed by atoms with Crippen molar-refractivity contribution in [3.63, 3.8) is 0 Å². The van der Waals surface area contributed by atoms with Gasteiger partial charge in [0.2, 0.25) is 0 Å². The summed E-state index contributed by atoms with van der Waals surface area (Å²) in [4.78, 5) is 15.2. The van der Waals surface area contributed by atoms with Crippen molar-refractivity contribution >= 4 is 17.0 Å². The molecule has 4 heteroatoms. The van der Waals surface area contributed by atoms with Crippen molar-refractivity contribution in [1.82, 2.24) is 0 Å². The molecule has 2 N–H and O–H groups in total. The van der Waals surface area contributed by atoms with Crippen LogP contribution in [0.4, 0.5) is 0 Å². The Kier molecular flexibility index (Phi) is 6.46. The summed E-state index contributed by atoms with van der Waals surface area (Å²) in [5.41, 5.74) is 4.12. The highest BCUT2D eigenvalue weighted by Crippen LogP contribution is 2.22. The minimum absolute atomic E-state index is 0.246. The molecule has 1 saturated heterocycles. The maximum atomic E-state index is 12.1. The summed E-state index contributed by atoms with van der Waals surface area (Å²) >= 11 is 0. The summed E-state index contributed by atoms with van der Waals surface area (Å²) in [5, 5.41) is 1.09. The van der Waals surface area contributed by atoms with Gasteiger partial charge in [0.15, 0.2) is 0 Å². The molecule has 0 amide bonds. The Balaban J connectivity index is 1.39. The third-order valence-electron chi connectivity index (χ3n) is 6.14. The van der Waals surface area contributed by atoms with Gasteiger partial charge in [-0.05, 0) is 35.3 Å². The lowest BCUT2D eigenvalue weighted by Crippen LogP contribution is -3.27. The normalized spacial score (nSPS) is 19.7. The molecule has 2 heterocycles. The van der Waals surface area contributed by atoms with Gasteiger partial charge in [0.05, 0.1) is 6.54 Å². The quantitative estimate of drug-likeness (QED) is 0.616. The lowest BCUT2D eigenvalue weighted by atomic mass is 9.99. The molecule has 30 heavy (non-hydrogen) atoms. The lowest BCUT2D eigenvalue weighted by molar-refractivity contribution is -1.02. The van der Waals surface area contributed by atoms with Crippen molar-refractivity contribution in [2.45, 2.75) is 26.3 Å². The van der Waals surface area contributed by atoms with Gasteiger partial charge in [-0.15, -0.1) is 0 Å². The van der Waals surface area contributed by atoms with Crippen LogP contribution in [0.2, 0.25) is 0 Å². The van der Waals surface area contributed by atoms with E-state index in [9.17, 15) is 4.79 Å². The molecule has 0 bridgehead atoms. The summed E-state index contributed by atoms with van der Waals surface area (Å²) in [6.07, 6.45) is 4.51. The molecule has 1 aromatic heterocycles. The van der Waals surface area contributed by atoms with Gasteiger partial charge in [0, 0.05) is 17.0 Å². The van der Waals surface area contributed by atoms with E-state index in [1.807, 2.05) is 12.1 Å². The molecule has 0 atom stereocenters. The Hall–Kier alpha value is -2.69. The smallest absolute Gasteiger partial charge is 0.336 e. The van der Waals surface area contributed by atoms with Crippen molar-refractivity contribution in [1.29, 1.82) is 0 Å². The van der Waals surface area contributed by atoms with E-state index in [1.54, 1.807) is 15.9 Å². The zero-order valence-corrected chi connectivity index (χ0v) is 18.0. The largest absolute Gasteiger partial charge is 0.423 e. The topological polar surface area (TPSA) is 39.1 Å². The van der Waals surface area contributed by atoms with E-state index in [1.165, 1.54) is 11.1 Å².